The van der Waals surface area contributed by atoms with Crippen LogP contribution < -0.4 is 9.47 Å². The zero-order chi connectivity index (χ0) is 22.3. The summed E-state index contributed by atoms with van der Waals surface area (Å²) in [7, 11) is 1.63. The molecule has 1 saturated heterocycles. The minimum Gasteiger partial charge on any atom is -0.493 e. The second-order valence-corrected chi connectivity index (χ2v) is 8.58. The molecule has 1 amide bonds. The normalized spacial score (nSPS) is 19.8. The Labute approximate surface area is 191 Å². The molecule has 0 aromatic heterocycles. The summed E-state index contributed by atoms with van der Waals surface area (Å²) in [4.78, 5) is 15.8. The number of ether oxygens (including phenoxy) is 3. The van der Waals surface area contributed by atoms with Gasteiger partial charge in [0.2, 0.25) is 5.91 Å². The molecule has 0 spiro atoms. The average molecular weight is 436 g/mol. The monoisotopic (exact) mass is 435 g/mol. The zero-order valence-electron chi connectivity index (χ0n) is 18.9. The number of benzene rings is 2. The molecular weight excluding hydrogens is 402 g/mol. The highest BCUT2D eigenvalue weighted by Crippen LogP contribution is 2.34. The standard InChI is InChI=1S/C27H33NO4/c1-3-15-32-25-14-13-20(17-26(25)30-2)18-28(19-22-10-7-16-31-22)27(29)24-12-6-9-21-8-4-5-11-23(21)24/h3-5,8,11,13-14,17,22,24H,1,6-7,9-10,12,15-16,18-19H2,2H3/t22-,24-/m0/s1. The lowest BCUT2D eigenvalue weighted by molar-refractivity contribution is -0.135. The van der Waals surface area contributed by atoms with E-state index in [4.69, 9.17) is 14.2 Å². The van der Waals surface area contributed by atoms with Gasteiger partial charge < -0.3 is 19.1 Å². The minimum absolute atomic E-state index is 0.0848. The van der Waals surface area contributed by atoms with Crippen molar-refractivity contribution in [1.82, 2.24) is 4.90 Å². The number of nitrogens with zero attached hydrogens (tertiary/aromatic N) is 1. The molecule has 0 N–H and O–H groups in total. The molecule has 170 valence electrons. The molecule has 0 radical (unpaired) electrons. The molecule has 1 aliphatic carbocycles. The number of fused-ring (bicyclic) bond motifs is 1. The van der Waals surface area contributed by atoms with Gasteiger partial charge in [-0.25, -0.2) is 0 Å². The van der Waals surface area contributed by atoms with Crippen LogP contribution in [0.3, 0.4) is 0 Å². The zero-order valence-corrected chi connectivity index (χ0v) is 18.9. The molecule has 0 saturated carbocycles. The maximum atomic E-state index is 13.8. The van der Waals surface area contributed by atoms with Crippen molar-refractivity contribution in [2.75, 3.05) is 26.9 Å². The van der Waals surface area contributed by atoms with Gasteiger partial charge in [-0.2, -0.15) is 0 Å². The molecule has 2 aromatic carbocycles. The summed E-state index contributed by atoms with van der Waals surface area (Å²) >= 11 is 0. The molecule has 4 rings (SSSR count). The van der Waals surface area contributed by atoms with E-state index < -0.39 is 0 Å². The van der Waals surface area contributed by atoms with Crippen molar-refractivity contribution in [2.45, 2.75) is 50.7 Å². The Hall–Kier alpha value is -2.79. The Bertz CT molecular complexity index is 935. The van der Waals surface area contributed by atoms with Crippen LogP contribution in [0.5, 0.6) is 11.5 Å². The number of amides is 1. The van der Waals surface area contributed by atoms with Crippen LogP contribution in [0.15, 0.2) is 55.1 Å². The molecule has 1 fully saturated rings. The highest BCUT2D eigenvalue weighted by molar-refractivity contribution is 5.84. The quantitative estimate of drug-likeness (QED) is 0.527. The molecule has 0 unspecified atom stereocenters. The summed E-state index contributed by atoms with van der Waals surface area (Å²) in [6.07, 6.45) is 6.87. The van der Waals surface area contributed by atoms with Gasteiger partial charge in [0.1, 0.15) is 6.61 Å². The van der Waals surface area contributed by atoms with Crippen LogP contribution in [-0.4, -0.2) is 43.8 Å². The molecule has 2 aliphatic rings. The SMILES string of the molecule is C=CCOc1ccc(CN(C[C@@H]2CCCO2)C(=O)[C@H]2CCCc3ccccc32)cc1OC. The van der Waals surface area contributed by atoms with Crippen molar-refractivity contribution in [1.29, 1.82) is 0 Å². The van der Waals surface area contributed by atoms with E-state index in [1.807, 2.05) is 29.2 Å². The van der Waals surface area contributed by atoms with E-state index in [-0.39, 0.29) is 17.9 Å². The van der Waals surface area contributed by atoms with Gasteiger partial charge in [-0.15, -0.1) is 0 Å². The van der Waals surface area contributed by atoms with Crippen molar-refractivity contribution in [3.63, 3.8) is 0 Å². The Balaban J connectivity index is 1.57. The van der Waals surface area contributed by atoms with Gasteiger partial charge in [0.25, 0.3) is 0 Å². The van der Waals surface area contributed by atoms with Crippen molar-refractivity contribution >= 4 is 5.91 Å². The lowest BCUT2D eigenvalue weighted by atomic mass is 9.82. The van der Waals surface area contributed by atoms with Crippen LogP contribution in [-0.2, 0) is 22.5 Å². The van der Waals surface area contributed by atoms with E-state index in [1.165, 1.54) is 11.1 Å². The fourth-order valence-corrected chi connectivity index (χ4v) is 4.80. The largest absolute Gasteiger partial charge is 0.493 e. The van der Waals surface area contributed by atoms with Crippen molar-refractivity contribution in [2.24, 2.45) is 0 Å². The first-order valence-electron chi connectivity index (χ1n) is 11.6. The van der Waals surface area contributed by atoms with E-state index in [9.17, 15) is 4.79 Å². The van der Waals surface area contributed by atoms with Gasteiger partial charge in [0, 0.05) is 19.7 Å². The van der Waals surface area contributed by atoms with Gasteiger partial charge in [-0.05, 0) is 60.9 Å². The second-order valence-electron chi connectivity index (χ2n) is 8.58. The first-order chi connectivity index (χ1) is 15.7. The highest BCUT2D eigenvalue weighted by atomic mass is 16.5. The Morgan fingerprint density at radius 3 is 2.84 bits per heavy atom. The molecule has 2 atom stereocenters. The maximum Gasteiger partial charge on any atom is 0.230 e. The van der Waals surface area contributed by atoms with E-state index in [0.29, 0.717) is 31.2 Å². The van der Waals surface area contributed by atoms with Crippen LogP contribution in [0.25, 0.3) is 0 Å². The highest BCUT2D eigenvalue weighted by Gasteiger charge is 2.32. The lowest BCUT2D eigenvalue weighted by Gasteiger charge is -2.32. The number of carbonyl (C=O) groups excluding carboxylic acids is 1. The lowest BCUT2D eigenvalue weighted by Crippen LogP contribution is -2.40. The number of aryl methyl sites for hydroxylation is 1. The first-order valence-corrected chi connectivity index (χ1v) is 11.6. The second kappa shape index (κ2) is 10.7. The van der Waals surface area contributed by atoms with Gasteiger partial charge in [0.05, 0.1) is 19.1 Å². The van der Waals surface area contributed by atoms with E-state index in [2.05, 4.69) is 24.8 Å². The topological polar surface area (TPSA) is 48.0 Å². The van der Waals surface area contributed by atoms with Crippen molar-refractivity contribution < 1.29 is 19.0 Å². The summed E-state index contributed by atoms with van der Waals surface area (Å²) < 4.78 is 17.1. The number of rotatable bonds is 9. The van der Waals surface area contributed by atoms with Crippen LogP contribution in [0.2, 0.25) is 0 Å². The first kappa shape index (κ1) is 22.4. The number of hydrogen-bond donors (Lipinski definition) is 0. The van der Waals surface area contributed by atoms with Gasteiger partial charge in [0.15, 0.2) is 11.5 Å². The number of methoxy groups -OCH3 is 1. The summed E-state index contributed by atoms with van der Waals surface area (Å²) in [6, 6.07) is 14.3. The molecule has 1 heterocycles. The molecule has 5 heteroatoms. The Morgan fingerprint density at radius 1 is 1.19 bits per heavy atom. The third-order valence-electron chi connectivity index (χ3n) is 6.39. The third kappa shape index (κ3) is 5.16. The number of carbonyl (C=O) groups is 1. The van der Waals surface area contributed by atoms with Crippen LogP contribution in [0.4, 0.5) is 0 Å². The molecule has 5 nitrogen and oxygen atoms in total. The van der Waals surface area contributed by atoms with Crippen LogP contribution in [0.1, 0.15) is 48.3 Å². The fraction of sp³-hybridized carbons (Fsp3) is 0.444. The van der Waals surface area contributed by atoms with Crippen LogP contribution >= 0.6 is 0 Å². The Morgan fingerprint density at radius 2 is 2.06 bits per heavy atom. The van der Waals surface area contributed by atoms with Crippen molar-refractivity contribution in [3.8, 4) is 11.5 Å². The third-order valence-corrected chi connectivity index (χ3v) is 6.39. The smallest absolute Gasteiger partial charge is 0.230 e. The van der Waals surface area contributed by atoms with E-state index in [1.54, 1.807) is 13.2 Å². The summed E-state index contributed by atoms with van der Waals surface area (Å²) in [5, 5.41) is 0. The molecule has 1 aliphatic heterocycles. The minimum atomic E-state index is -0.0848. The maximum absolute atomic E-state index is 13.8. The fourth-order valence-electron chi connectivity index (χ4n) is 4.80. The number of hydrogen-bond acceptors (Lipinski definition) is 4. The van der Waals surface area contributed by atoms with Crippen LogP contribution in [0, 0.1) is 0 Å². The summed E-state index contributed by atoms with van der Waals surface area (Å²) in [5.74, 6) is 1.45. The van der Waals surface area contributed by atoms with Crippen molar-refractivity contribution in [3.05, 3.63) is 71.8 Å². The molecule has 32 heavy (non-hydrogen) atoms. The van der Waals surface area contributed by atoms with Gasteiger partial charge in [-0.3, -0.25) is 4.79 Å². The molecule has 0 bridgehead atoms. The molecule has 2 aromatic rings. The van der Waals surface area contributed by atoms with E-state index >= 15 is 0 Å². The summed E-state index contributed by atoms with van der Waals surface area (Å²) in [6.45, 7) is 6.03. The predicted octanol–water partition coefficient (Wildman–Crippen LogP) is 4.89. The summed E-state index contributed by atoms with van der Waals surface area (Å²) in [5.41, 5.74) is 3.51. The average Bonchev–Trinajstić information content (AvgIpc) is 3.35. The van der Waals surface area contributed by atoms with Gasteiger partial charge in [-0.1, -0.05) is 43.0 Å². The Kier molecular flexibility index (Phi) is 7.48. The molecular formula is C27H33NO4. The predicted molar refractivity (Wildman–Crippen MR) is 125 cm³/mol. The van der Waals surface area contributed by atoms with E-state index in [0.717, 1.165) is 44.3 Å². The van der Waals surface area contributed by atoms with Gasteiger partial charge >= 0.3 is 0 Å².